The van der Waals surface area contributed by atoms with Crippen molar-refractivity contribution in [2.24, 2.45) is 5.41 Å². The molecule has 186 valence electrons. The van der Waals surface area contributed by atoms with E-state index < -0.39 is 11.5 Å². The molecule has 1 unspecified atom stereocenters. The number of halogens is 1. The number of methoxy groups -OCH3 is 1. The average molecular weight is 492 g/mol. The molecule has 10 heteroatoms. The monoisotopic (exact) mass is 491 g/mol. The summed E-state index contributed by atoms with van der Waals surface area (Å²) in [7, 11) is 1.35. The minimum Gasteiger partial charge on any atom is -0.453 e. The lowest BCUT2D eigenvalue weighted by Gasteiger charge is -2.41. The van der Waals surface area contributed by atoms with Crippen molar-refractivity contribution in [3.05, 3.63) is 23.0 Å². The fourth-order valence-electron chi connectivity index (χ4n) is 5.22. The normalized spacial score (nSPS) is 26.0. The maximum absolute atomic E-state index is 13.4. The lowest BCUT2D eigenvalue weighted by atomic mass is 9.71. The number of amides is 1. The van der Waals surface area contributed by atoms with E-state index in [2.05, 4.69) is 36.7 Å². The molecule has 1 aliphatic heterocycles. The minimum absolute atomic E-state index is 0.0103. The van der Waals surface area contributed by atoms with Gasteiger partial charge in [-0.15, -0.1) is 0 Å². The smallest absolute Gasteiger partial charge is 0.407 e. The van der Waals surface area contributed by atoms with Crippen molar-refractivity contribution in [2.45, 2.75) is 51.6 Å². The van der Waals surface area contributed by atoms with Crippen LogP contribution in [0.3, 0.4) is 0 Å². The number of aliphatic hydroxyl groups excluding tert-OH is 1. The zero-order chi connectivity index (χ0) is 24.5. The van der Waals surface area contributed by atoms with Crippen LogP contribution in [0.2, 0.25) is 5.02 Å². The molecule has 2 heterocycles. The van der Waals surface area contributed by atoms with Crippen LogP contribution >= 0.6 is 11.6 Å². The summed E-state index contributed by atoms with van der Waals surface area (Å²) in [6, 6.07) is 4.07. The van der Waals surface area contributed by atoms with Gasteiger partial charge in [-0.3, -0.25) is 9.69 Å². The fraction of sp³-hybridized carbons (Fsp3) is 0.625. The number of ether oxygens (including phenoxy) is 1. The van der Waals surface area contributed by atoms with Gasteiger partial charge in [0.05, 0.1) is 35.5 Å². The number of Topliss-reactive ketones (excluding diaryl/α,β-unsaturated/α-hetero) is 1. The Kier molecular flexibility index (Phi) is 7.35. The van der Waals surface area contributed by atoms with Gasteiger partial charge in [0.25, 0.3) is 0 Å². The third-order valence-corrected chi connectivity index (χ3v) is 7.65. The molecular weight excluding hydrogens is 458 g/mol. The first-order valence-corrected chi connectivity index (χ1v) is 12.3. The maximum atomic E-state index is 13.4. The molecule has 1 saturated carbocycles. The first-order valence-electron chi connectivity index (χ1n) is 11.9. The zero-order valence-electron chi connectivity index (χ0n) is 20.1. The van der Waals surface area contributed by atoms with Crippen molar-refractivity contribution >= 4 is 40.2 Å². The number of alkyl carbamates (subject to hydrolysis) is 1. The molecule has 0 spiro atoms. The highest BCUT2D eigenvalue weighted by atomic mass is 35.5. The molecule has 34 heavy (non-hydrogen) atoms. The number of hydrogen-bond donors (Lipinski definition) is 3. The van der Waals surface area contributed by atoms with Gasteiger partial charge in [-0.05, 0) is 44.7 Å². The molecule has 1 amide bonds. The molecule has 1 saturated heterocycles. The molecule has 1 aliphatic carbocycles. The number of carbonyl (C=O) groups is 2. The second-order valence-corrected chi connectivity index (χ2v) is 10.2. The Morgan fingerprint density at radius 3 is 2.71 bits per heavy atom. The first-order chi connectivity index (χ1) is 16.2. The summed E-state index contributed by atoms with van der Waals surface area (Å²) in [5.41, 5.74) is 1.85. The summed E-state index contributed by atoms with van der Waals surface area (Å²) in [6.45, 7) is 7.48. The van der Waals surface area contributed by atoms with Gasteiger partial charge < -0.3 is 25.0 Å². The van der Waals surface area contributed by atoms with E-state index in [0.717, 1.165) is 30.8 Å². The summed E-state index contributed by atoms with van der Waals surface area (Å²) in [4.78, 5) is 37.3. The summed E-state index contributed by atoms with van der Waals surface area (Å²) in [5.74, 6) is 0.342. The number of aromatic nitrogens is 2. The second-order valence-electron chi connectivity index (χ2n) is 9.77. The van der Waals surface area contributed by atoms with E-state index in [-0.39, 0.29) is 24.5 Å². The van der Waals surface area contributed by atoms with Crippen LogP contribution in [0, 0.1) is 5.41 Å². The number of benzene rings is 1. The molecule has 1 atom stereocenters. The Morgan fingerprint density at radius 2 is 2.06 bits per heavy atom. The van der Waals surface area contributed by atoms with Gasteiger partial charge in [0, 0.05) is 43.7 Å². The van der Waals surface area contributed by atoms with Gasteiger partial charge in [0.2, 0.25) is 5.78 Å². The van der Waals surface area contributed by atoms with Crippen LogP contribution in [0.15, 0.2) is 12.1 Å². The molecule has 9 nitrogen and oxygen atoms in total. The number of nitrogens with zero attached hydrogens (tertiary/aromatic N) is 3. The Balaban J connectivity index is 1.50. The van der Waals surface area contributed by atoms with Crippen LogP contribution in [0.5, 0.6) is 0 Å². The predicted molar refractivity (Wildman–Crippen MR) is 132 cm³/mol. The Hall–Kier alpha value is -2.36. The van der Waals surface area contributed by atoms with Crippen molar-refractivity contribution in [2.75, 3.05) is 44.8 Å². The number of piperazine rings is 1. The van der Waals surface area contributed by atoms with Gasteiger partial charge >= 0.3 is 6.09 Å². The highest BCUT2D eigenvalue weighted by molar-refractivity contribution is 6.34. The lowest BCUT2D eigenvalue weighted by molar-refractivity contribution is 0.0715. The quantitative estimate of drug-likeness (QED) is 0.532. The topological polar surface area (TPSA) is 111 Å². The highest BCUT2D eigenvalue weighted by Gasteiger charge is 2.40. The van der Waals surface area contributed by atoms with Crippen LogP contribution in [-0.2, 0) is 4.74 Å². The summed E-state index contributed by atoms with van der Waals surface area (Å²) >= 11 is 6.66. The van der Waals surface area contributed by atoms with Crippen molar-refractivity contribution in [3.8, 4) is 0 Å². The van der Waals surface area contributed by atoms with Crippen LogP contribution in [0.4, 0.5) is 10.5 Å². The minimum atomic E-state index is -0.535. The third-order valence-electron chi connectivity index (χ3n) is 7.35. The van der Waals surface area contributed by atoms with Gasteiger partial charge in [-0.2, -0.15) is 0 Å². The summed E-state index contributed by atoms with van der Waals surface area (Å²) in [5, 5.41) is 12.7. The van der Waals surface area contributed by atoms with E-state index in [0.29, 0.717) is 48.6 Å². The van der Waals surface area contributed by atoms with E-state index in [1.165, 1.54) is 7.11 Å². The van der Waals surface area contributed by atoms with Crippen LogP contribution in [0.25, 0.3) is 11.0 Å². The molecule has 3 N–H and O–H groups in total. The fourth-order valence-corrected chi connectivity index (χ4v) is 5.49. The highest BCUT2D eigenvalue weighted by Crippen LogP contribution is 2.39. The standard InChI is InChI=1S/C24H34ClN5O4/c1-15-14-29(10-11-31)8-9-30(15)20-13-19-18(12-17(20)25)27-22(28-19)21(32)24(2)6-4-16(5-7-24)26-23(33)34-3/h12-13,15-16,31H,4-11,14H2,1-3H3,(H,26,33)(H,27,28). The van der Waals surface area contributed by atoms with Gasteiger partial charge in [0.15, 0.2) is 5.82 Å². The number of rotatable bonds is 6. The second kappa shape index (κ2) is 10.1. The zero-order valence-corrected chi connectivity index (χ0v) is 20.8. The maximum Gasteiger partial charge on any atom is 0.407 e. The number of β-amino-alcohol motifs (C(OH)–C–C–N with tert-alkyl or cyclic N) is 1. The van der Waals surface area contributed by atoms with E-state index in [1.807, 2.05) is 19.1 Å². The Bertz CT molecular complexity index is 1050. The van der Waals surface area contributed by atoms with E-state index in [1.54, 1.807) is 0 Å². The molecule has 0 bridgehead atoms. The van der Waals surface area contributed by atoms with Crippen LogP contribution in [0.1, 0.15) is 50.1 Å². The number of aliphatic hydroxyl groups is 1. The molecular formula is C24H34ClN5O4. The molecule has 1 aromatic heterocycles. The third kappa shape index (κ3) is 5.01. The number of imidazole rings is 1. The SMILES string of the molecule is COC(=O)NC1CCC(C)(C(=O)c2nc3cc(Cl)c(N4CCN(CCO)CC4C)cc3[nH]2)CC1. The number of anilines is 1. The average Bonchev–Trinajstić information content (AvgIpc) is 3.22. The summed E-state index contributed by atoms with van der Waals surface area (Å²) < 4.78 is 4.68. The van der Waals surface area contributed by atoms with Crippen LogP contribution in [-0.4, -0.2) is 83.8 Å². The van der Waals surface area contributed by atoms with E-state index in [9.17, 15) is 14.7 Å². The van der Waals surface area contributed by atoms with Gasteiger partial charge in [-0.25, -0.2) is 9.78 Å². The van der Waals surface area contributed by atoms with Gasteiger partial charge in [0.1, 0.15) is 0 Å². The molecule has 1 aromatic carbocycles. The number of carbonyl (C=O) groups excluding carboxylic acids is 2. The van der Waals surface area contributed by atoms with Crippen LogP contribution < -0.4 is 10.2 Å². The van der Waals surface area contributed by atoms with Gasteiger partial charge in [-0.1, -0.05) is 18.5 Å². The largest absolute Gasteiger partial charge is 0.453 e. The lowest BCUT2D eigenvalue weighted by Crippen LogP contribution is -2.52. The molecule has 2 aromatic rings. The number of H-pyrrole nitrogens is 1. The number of fused-ring (bicyclic) bond motifs is 1. The predicted octanol–water partition coefficient (Wildman–Crippen LogP) is 3.21. The number of hydrogen-bond acceptors (Lipinski definition) is 7. The Morgan fingerprint density at radius 1 is 1.32 bits per heavy atom. The molecule has 2 aliphatic rings. The molecule has 4 rings (SSSR count). The summed E-state index contributed by atoms with van der Waals surface area (Å²) in [6.07, 6.45) is 2.33. The van der Waals surface area contributed by atoms with Crippen molar-refractivity contribution in [3.63, 3.8) is 0 Å². The molecule has 2 fully saturated rings. The molecule has 0 radical (unpaired) electrons. The number of aromatic amines is 1. The van der Waals surface area contributed by atoms with E-state index in [4.69, 9.17) is 11.6 Å². The number of ketones is 1. The van der Waals surface area contributed by atoms with Crippen molar-refractivity contribution in [1.82, 2.24) is 20.2 Å². The van der Waals surface area contributed by atoms with Crippen molar-refractivity contribution < 1.29 is 19.4 Å². The van der Waals surface area contributed by atoms with E-state index >= 15 is 0 Å². The Labute approximate surface area is 204 Å². The number of nitrogens with one attached hydrogen (secondary N) is 2. The first kappa shape index (κ1) is 24.8. The van der Waals surface area contributed by atoms with Crippen molar-refractivity contribution in [1.29, 1.82) is 0 Å².